The van der Waals surface area contributed by atoms with Gasteiger partial charge in [0, 0.05) is 31.7 Å². The van der Waals surface area contributed by atoms with Crippen molar-refractivity contribution in [3.05, 3.63) is 29.0 Å². The first-order valence-electron chi connectivity index (χ1n) is 8.77. The van der Waals surface area contributed by atoms with E-state index in [4.69, 9.17) is 17.0 Å². The van der Waals surface area contributed by atoms with Crippen molar-refractivity contribution < 1.29 is 27.0 Å². The van der Waals surface area contributed by atoms with Crippen molar-refractivity contribution in [1.82, 2.24) is 19.7 Å². The number of nitrogens with one attached hydrogen (secondary N) is 1. The fourth-order valence-corrected chi connectivity index (χ4v) is 3.15. The van der Waals surface area contributed by atoms with Crippen molar-refractivity contribution in [1.29, 1.82) is 0 Å². The SMILES string of the molecule is FC(F)C(F)(F)Oc1cccc(-c2n[nH]c(=S)n2CCCN2CCOCC2)c1. The number of nitrogens with zero attached hydrogens (tertiary/aromatic N) is 3. The van der Waals surface area contributed by atoms with Gasteiger partial charge in [-0.05, 0) is 30.8 Å². The number of alkyl halides is 4. The van der Waals surface area contributed by atoms with Gasteiger partial charge in [0.2, 0.25) is 0 Å². The van der Waals surface area contributed by atoms with E-state index in [-0.39, 0.29) is 5.75 Å². The van der Waals surface area contributed by atoms with Crippen LogP contribution in [0.1, 0.15) is 6.42 Å². The Morgan fingerprint density at radius 3 is 2.71 bits per heavy atom. The highest BCUT2D eigenvalue weighted by molar-refractivity contribution is 7.71. The van der Waals surface area contributed by atoms with Crippen molar-refractivity contribution in [3.8, 4) is 17.1 Å². The average molecular weight is 420 g/mol. The van der Waals surface area contributed by atoms with Crippen LogP contribution in [0.25, 0.3) is 11.4 Å². The van der Waals surface area contributed by atoms with Gasteiger partial charge in [0.25, 0.3) is 0 Å². The third kappa shape index (κ3) is 5.09. The summed E-state index contributed by atoms with van der Waals surface area (Å²) < 4.78 is 62.7. The van der Waals surface area contributed by atoms with Crippen LogP contribution in [0.15, 0.2) is 24.3 Å². The van der Waals surface area contributed by atoms with Gasteiger partial charge in [-0.2, -0.15) is 22.7 Å². The van der Waals surface area contributed by atoms with E-state index in [1.54, 1.807) is 10.6 Å². The van der Waals surface area contributed by atoms with Crippen molar-refractivity contribution in [2.24, 2.45) is 0 Å². The second-order valence-corrected chi connectivity index (χ2v) is 6.69. The minimum absolute atomic E-state index is 0.378. The number of hydrogen-bond acceptors (Lipinski definition) is 5. The van der Waals surface area contributed by atoms with Gasteiger partial charge >= 0.3 is 12.5 Å². The first-order chi connectivity index (χ1) is 13.4. The maximum Gasteiger partial charge on any atom is 0.461 e. The van der Waals surface area contributed by atoms with E-state index in [0.29, 0.717) is 35.9 Å². The molecule has 0 aliphatic carbocycles. The molecule has 1 fully saturated rings. The molecule has 1 aliphatic rings. The smallest absolute Gasteiger partial charge is 0.428 e. The zero-order valence-electron chi connectivity index (χ0n) is 14.9. The van der Waals surface area contributed by atoms with Gasteiger partial charge in [0.1, 0.15) is 5.75 Å². The summed E-state index contributed by atoms with van der Waals surface area (Å²) in [4.78, 5) is 2.29. The fourth-order valence-electron chi connectivity index (χ4n) is 2.92. The summed E-state index contributed by atoms with van der Waals surface area (Å²) in [5.41, 5.74) is 0.432. The Morgan fingerprint density at radius 1 is 1.25 bits per heavy atom. The number of H-pyrrole nitrogens is 1. The quantitative estimate of drug-likeness (QED) is 0.523. The molecule has 1 saturated heterocycles. The van der Waals surface area contributed by atoms with E-state index in [9.17, 15) is 17.6 Å². The molecular weight excluding hydrogens is 400 g/mol. The molecule has 0 unspecified atom stereocenters. The van der Waals surface area contributed by atoms with E-state index in [2.05, 4.69) is 19.8 Å². The Kier molecular flexibility index (Phi) is 6.68. The highest BCUT2D eigenvalue weighted by atomic mass is 32.1. The summed E-state index contributed by atoms with van der Waals surface area (Å²) in [6.45, 7) is 4.61. The molecule has 3 rings (SSSR count). The van der Waals surface area contributed by atoms with Crippen LogP contribution in [0.3, 0.4) is 0 Å². The standard InChI is InChI=1S/C17H20F4N4O2S/c18-15(19)17(20,21)27-13-4-1-3-12(11-13)14-22-23-16(28)25(14)6-2-5-24-7-9-26-10-8-24/h1,3-4,11,15H,2,5-10H2,(H,23,28). The highest BCUT2D eigenvalue weighted by Crippen LogP contribution is 2.30. The highest BCUT2D eigenvalue weighted by Gasteiger charge is 2.44. The Balaban J connectivity index is 1.72. The lowest BCUT2D eigenvalue weighted by molar-refractivity contribution is -0.253. The molecule has 154 valence electrons. The maximum absolute atomic E-state index is 13.2. The normalized spacial score (nSPS) is 15.9. The van der Waals surface area contributed by atoms with Crippen molar-refractivity contribution >= 4 is 12.2 Å². The molecule has 0 amide bonds. The largest absolute Gasteiger partial charge is 0.461 e. The van der Waals surface area contributed by atoms with Crippen molar-refractivity contribution in [2.75, 3.05) is 32.8 Å². The number of rotatable bonds is 8. The second-order valence-electron chi connectivity index (χ2n) is 6.30. The zero-order valence-corrected chi connectivity index (χ0v) is 15.7. The van der Waals surface area contributed by atoms with E-state index in [1.807, 2.05) is 0 Å². The van der Waals surface area contributed by atoms with Crippen molar-refractivity contribution in [2.45, 2.75) is 25.5 Å². The van der Waals surface area contributed by atoms with Crippen LogP contribution in [-0.2, 0) is 11.3 Å². The molecule has 28 heavy (non-hydrogen) atoms. The van der Waals surface area contributed by atoms with Crippen LogP contribution in [0.5, 0.6) is 5.75 Å². The van der Waals surface area contributed by atoms with E-state index >= 15 is 0 Å². The summed E-state index contributed by atoms with van der Waals surface area (Å²) in [7, 11) is 0. The predicted octanol–water partition coefficient (Wildman–Crippen LogP) is 3.57. The Labute approximate surface area is 164 Å². The molecule has 2 heterocycles. The zero-order chi connectivity index (χ0) is 20.1. The molecular formula is C17H20F4N4O2S. The lowest BCUT2D eigenvalue weighted by atomic mass is 10.2. The van der Waals surface area contributed by atoms with E-state index < -0.39 is 12.5 Å². The number of aromatic amines is 1. The van der Waals surface area contributed by atoms with Crippen LogP contribution >= 0.6 is 12.2 Å². The van der Waals surface area contributed by atoms with Gasteiger partial charge in [-0.25, -0.2) is 0 Å². The first-order valence-corrected chi connectivity index (χ1v) is 9.18. The molecule has 0 bridgehead atoms. The summed E-state index contributed by atoms with van der Waals surface area (Å²) in [6, 6.07) is 5.47. The molecule has 0 spiro atoms. The maximum atomic E-state index is 13.2. The first kappa shape index (κ1) is 20.7. The van der Waals surface area contributed by atoms with Crippen LogP contribution < -0.4 is 4.74 Å². The minimum atomic E-state index is -4.57. The summed E-state index contributed by atoms with van der Waals surface area (Å²) >= 11 is 5.26. The Morgan fingerprint density at radius 2 is 2.00 bits per heavy atom. The number of hydrogen-bond donors (Lipinski definition) is 1. The van der Waals surface area contributed by atoms with Crippen molar-refractivity contribution in [3.63, 3.8) is 0 Å². The molecule has 1 aliphatic heterocycles. The van der Waals surface area contributed by atoms with Crippen LogP contribution in [0.4, 0.5) is 17.6 Å². The van der Waals surface area contributed by atoms with E-state index in [0.717, 1.165) is 26.1 Å². The van der Waals surface area contributed by atoms with Gasteiger partial charge < -0.3 is 14.0 Å². The molecule has 1 aromatic carbocycles. The number of morpholine rings is 1. The molecule has 1 N–H and O–H groups in total. The number of benzene rings is 1. The predicted molar refractivity (Wildman–Crippen MR) is 96.3 cm³/mol. The Hall–Kier alpha value is -1.98. The molecule has 11 heteroatoms. The lowest BCUT2D eigenvalue weighted by Gasteiger charge is -2.26. The molecule has 0 atom stereocenters. The summed E-state index contributed by atoms with van der Waals surface area (Å²) in [5.74, 6) is 0.0503. The molecule has 0 radical (unpaired) electrons. The Bertz CT molecular complexity index is 837. The number of aromatic nitrogens is 3. The molecule has 2 aromatic rings. The lowest BCUT2D eigenvalue weighted by Crippen LogP contribution is -2.37. The molecule has 0 saturated carbocycles. The van der Waals surface area contributed by atoms with Crippen LogP contribution in [0, 0.1) is 4.77 Å². The van der Waals surface area contributed by atoms with Gasteiger partial charge in [-0.15, -0.1) is 0 Å². The molecule has 6 nitrogen and oxygen atoms in total. The topological polar surface area (TPSA) is 55.3 Å². The fraction of sp³-hybridized carbons (Fsp3) is 0.529. The minimum Gasteiger partial charge on any atom is -0.428 e. The van der Waals surface area contributed by atoms with E-state index in [1.165, 1.54) is 18.2 Å². The van der Waals surface area contributed by atoms with Gasteiger partial charge in [-0.3, -0.25) is 10.00 Å². The van der Waals surface area contributed by atoms with Gasteiger partial charge in [-0.1, -0.05) is 12.1 Å². The van der Waals surface area contributed by atoms with Crippen LogP contribution in [-0.4, -0.2) is 65.0 Å². The average Bonchev–Trinajstić information content (AvgIpc) is 3.03. The van der Waals surface area contributed by atoms with Crippen LogP contribution in [0.2, 0.25) is 0 Å². The molecule has 1 aromatic heterocycles. The van der Waals surface area contributed by atoms with Gasteiger partial charge in [0.15, 0.2) is 10.6 Å². The number of halogens is 4. The third-order valence-electron chi connectivity index (χ3n) is 4.32. The summed E-state index contributed by atoms with van der Waals surface area (Å²) in [6.07, 6.45) is -7.69. The monoisotopic (exact) mass is 420 g/mol. The summed E-state index contributed by atoms with van der Waals surface area (Å²) in [5, 5.41) is 6.83. The third-order valence-corrected chi connectivity index (χ3v) is 4.63. The van der Waals surface area contributed by atoms with Gasteiger partial charge in [0.05, 0.1) is 13.2 Å². The second kappa shape index (κ2) is 9.01. The number of ether oxygens (including phenoxy) is 2.